The van der Waals surface area contributed by atoms with Crippen LogP contribution in [0.5, 0.6) is 0 Å². The zero-order valence-electron chi connectivity index (χ0n) is 13.7. The molecule has 1 unspecified atom stereocenters. The van der Waals surface area contributed by atoms with Crippen LogP contribution in [0, 0.1) is 5.82 Å². The number of halogens is 1. The normalized spacial score (nSPS) is 12.1. The van der Waals surface area contributed by atoms with Gasteiger partial charge >= 0.3 is 0 Å². The van der Waals surface area contributed by atoms with Gasteiger partial charge in [-0.05, 0) is 45.4 Å². The Morgan fingerprint density at radius 3 is 2.68 bits per heavy atom. The van der Waals surface area contributed by atoms with Crippen LogP contribution in [0.2, 0.25) is 0 Å². The maximum absolute atomic E-state index is 14.1. The molecule has 0 aliphatic heterocycles. The molecule has 122 valence electrons. The Morgan fingerprint density at radius 1 is 1.45 bits per heavy atom. The summed E-state index contributed by atoms with van der Waals surface area (Å²) in [6, 6.07) is 4.86. The Hall–Kier alpha value is -1.88. The maximum Gasteiger partial charge on any atom is 0.253 e. The highest BCUT2D eigenvalue weighted by atomic mass is 19.1. The summed E-state index contributed by atoms with van der Waals surface area (Å²) in [5, 5.41) is 2.66. The van der Waals surface area contributed by atoms with E-state index < -0.39 is 6.10 Å². The molecule has 0 aromatic heterocycles. The fraction of sp³-hybridized carbons (Fsp3) is 0.471. The molecule has 0 saturated heterocycles. The molecule has 1 aromatic carbocycles. The van der Waals surface area contributed by atoms with Gasteiger partial charge in [-0.3, -0.25) is 4.79 Å². The van der Waals surface area contributed by atoms with Crippen molar-refractivity contribution in [2.75, 3.05) is 23.9 Å². The highest BCUT2D eigenvalue weighted by Gasteiger charge is 2.15. The molecule has 5 heteroatoms. The van der Waals surface area contributed by atoms with E-state index in [1.165, 1.54) is 6.07 Å². The summed E-state index contributed by atoms with van der Waals surface area (Å²) in [4.78, 5) is 13.8. The van der Waals surface area contributed by atoms with Gasteiger partial charge in [-0.15, -0.1) is 6.58 Å². The van der Waals surface area contributed by atoms with Crippen LogP contribution in [0.3, 0.4) is 0 Å². The topological polar surface area (TPSA) is 41.6 Å². The number of hydrogen-bond donors (Lipinski definition) is 1. The van der Waals surface area contributed by atoms with Crippen molar-refractivity contribution in [3.63, 3.8) is 0 Å². The van der Waals surface area contributed by atoms with Gasteiger partial charge in [0.2, 0.25) is 0 Å². The minimum atomic E-state index is -0.596. The molecule has 0 aliphatic carbocycles. The number of amides is 1. The first-order valence-corrected chi connectivity index (χ1v) is 7.42. The van der Waals surface area contributed by atoms with E-state index in [2.05, 4.69) is 11.9 Å². The van der Waals surface area contributed by atoms with Crippen LogP contribution >= 0.6 is 0 Å². The van der Waals surface area contributed by atoms with Crippen LogP contribution in [0.4, 0.5) is 15.8 Å². The van der Waals surface area contributed by atoms with Crippen LogP contribution in [0.15, 0.2) is 30.9 Å². The second-order valence-electron chi connectivity index (χ2n) is 5.45. The molecule has 0 saturated carbocycles. The monoisotopic (exact) mass is 308 g/mol. The predicted molar refractivity (Wildman–Crippen MR) is 88.8 cm³/mol. The van der Waals surface area contributed by atoms with E-state index in [-0.39, 0.29) is 17.8 Å². The zero-order chi connectivity index (χ0) is 16.7. The molecule has 1 N–H and O–H groups in total. The molecule has 0 fully saturated rings. The lowest BCUT2D eigenvalue weighted by molar-refractivity contribution is -0.126. The van der Waals surface area contributed by atoms with Crippen molar-refractivity contribution in [3.05, 3.63) is 36.7 Å². The van der Waals surface area contributed by atoms with Gasteiger partial charge in [0, 0.05) is 18.8 Å². The minimum Gasteiger partial charge on any atom is -0.370 e. The molecule has 0 bridgehead atoms. The first-order valence-electron chi connectivity index (χ1n) is 7.42. The fourth-order valence-electron chi connectivity index (χ4n) is 1.80. The Labute approximate surface area is 132 Å². The summed E-state index contributed by atoms with van der Waals surface area (Å²) >= 11 is 0. The fourth-order valence-corrected chi connectivity index (χ4v) is 1.80. The number of hydrogen-bond acceptors (Lipinski definition) is 3. The molecule has 1 amide bonds. The van der Waals surface area contributed by atoms with Gasteiger partial charge in [0.05, 0.1) is 12.3 Å². The summed E-state index contributed by atoms with van der Waals surface area (Å²) in [5.74, 6) is -0.664. The van der Waals surface area contributed by atoms with Gasteiger partial charge < -0.3 is 15.0 Å². The molecular formula is C17H25FN2O2. The van der Waals surface area contributed by atoms with Crippen LogP contribution in [-0.4, -0.2) is 31.7 Å². The molecular weight excluding hydrogens is 283 g/mol. The summed E-state index contributed by atoms with van der Waals surface area (Å²) in [6.07, 6.45) is 1.81. The lowest BCUT2D eigenvalue weighted by atomic mass is 10.2. The molecule has 0 aliphatic rings. The van der Waals surface area contributed by atoms with E-state index in [4.69, 9.17) is 4.74 Å². The van der Waals surface area contributed by atoms with E-state index in [1.807, 2.05) is 25.8 Å². The number of nitrogens with one attached hydrogen (secondary N) is 1. The number of rotatable bonds is 8. The second-order valence-corrected chi connectivity index (χ2v) is 5.45. The third-order valence-electron chi connectivity index (χ3n) is 3.43. The molecule has 0 spiro atoms. The van der Waals surface area contributed by atoms with Crippen molar-refractivity contribution in [1.82, 2.24) is 0 Å². The molecule has 1 rings (SSSR count). The van der Waals surface area contributed by atoms with Crippen molar-refractivity contribution in [1.29, 1.82) is 0 Å². The van der Waals surface area contributed by atoms with Crippen LogP contribution in [0.25, 0.3) is 0 Å². The van der Waals surface area contributed by atoms with E-state index in [0.717, 1.165) is 0 Å². The number of nitrogens with zero attached hydrogens (tertiary/aromatic N) is 1. The number of carbonyl (C=O) groups excluding carboxylic acids is 1. The summed E-state index contributed by atoms with van der Waals surface area (Å²) in [6.45, 7) is 9.65. The van der Waals surface area contributed by atoms with Crippen LogP contribution in [0.1, 0.15) is 27.2 Å². The Morgan fingerprint density at radius 2 is 2.14 bits per heavy atom. The van der Waals surface area contributed by atoms with Crippen molar-refractivity contribution in [3.8, 4) is 0 Å². The van der Waals surface area contributed by atoms with Gasteiger partial charge in [-0.2, -0.15) is 0 Å². The Bertz CT molecular complexity index is 517. The van der Waals surface area contributed by atoms with E-state index >= 15 is 0 Å². The molecule has 1 aromatic rings. The Balaban J connectivity index is 2.68. The molecule has 0 heterocycles. The van der Waals surface area contributed by atoms with Crippen LogP contribution < -0.4 is 10.2 Å². The van der Waals surface area contributed by atoms with E-state index in [1.54, 1.807) is 25.1 Å². The number of benzene rings is 1. The molecule has 1 atom stereocenters. The maximum atomic E-state index is 14.1. The number of carbonyl (C=O) groups is 1. The second kappa shape index (κ2) is 8.54. The predicted octanol–water partition coefficient (Wildman–Crippen LogP) is 3.59. The highest BCUT2D eigenvalue weighted by Crippen LogP contribution is 2.23. The standard InChI is InChI=1S/C17H25FN2O2/c1-6-7-10-22-13(4)17(21)19-14-8-9-16(15(18)11-14)20(5)12(2)3/h6,8-9,11-13H,1,7,10H2,2-5H3,(H,19,21). The average Bonchev–Trinajstić information content (AvgIpc) is 2.46. The smallest absolute Gasteiger partial charge is 0.253 e. The third kappa shape index (κ3) is 5.15. The average molecular weight is 308 g/mol. The first kappa shape index (κ1) is 18.2. The van der Waals surface area contributed by atoms with Gasteiger partial charge in [0.25, 0.3) is 5.91 Å². The molecule has 22 heavy (non-hydrogen) atoms. The van der Waals surface area contributed by atoms with E-state index in [0.29, 0.717) is 24.4 Å². The quantitative estimate of drug-likeness (QED) is 0.589. The molecule has 0 radical (unpaired) electrons. The van der Waals surface area contributed by atoms with Crippen molar-refractivity contribution < 1.29 is 13.9 Å². The largest absolute Gasteiger partial charge is 0.370 e. The lowest BCUT2D eigenvalue weighted by Gasteiger charge is -2.24. The summed E-state index contributed by atoms with van der Waals surface area (Å²) in [7, 11) is 1.83. The first-order chi connectivity index (χ1) is 10.4. The summed E-state index contributed by atoms with van der Waals surface area (Å²) < 4.78 is 19.5. The van der Waals surface area contributed by atoms with Crippen molar-refractivity contribution >= 4 is 17.3 Å². The van der Waals surface area contributed by atoms with Gasteiger partial charge in [0.1, 0.15) is 11.9 Å². The van der Waals surface area contributed by atoms with Crippen molar-refractivity contribution in [2.45, 2.75) is 39.3 Å². The summed E-state index contributed by atoms with van der Waals surface area (Å²) in [5.41, 5.74) is 0.922. The zero-order valence-corrected chi connectivity index (χ0v) is 13.7. The van der Waals surface area contributed by atoms with Gasteiger partial charge in [-0.25, -0.2) is 4.39 Å². The van der Waals surface area contributed by atoms with E-state index in [9.17, 15) is 9.18 Å². The number of anilines is 2. The Kier molecular flexibility index (Phi) is 7.05. The van der Waals surface area contributed by atoms with Gasteiger partial charge in [-0.1, -0.05) is 6.08 Å². The van der Waals surface area contributed by atoms with Crippen LogP contribution in [-0.2, 0) is 9.53 Å². The number of ether oxygens (including phenoxy) is 1. The minimum absolute atomic E-state index is 0.188. The van der Waals surface area contributed by atoms with Crippen molar-refractivity contribution in [2.24, 2.45) is 0 Å². The molecule has 4 nitrogen and oxygen atoms in total. The highest BCUT2D eigenvalue weighted by molar-refractivity contribution is 5.94. The SMILES string of the molecule is C=CCCOC(C)C(=O)Nc1ccc(N(C)C(C)C)c(F)c1. The third-order valence-corrected chi connectivity index (χ3v) is 3.43. The lowest BCUT2D eigenvalue weighted by Crippen LogP contribution is -2.28. The van der Waals surface area contributed by atoms with Gasteiger partial charge in [0.15, 0.2) is 0 Å².